The summed E-state index contributed by atoms with van der Waals surface area (Å²) in [5, 5.41) is 6.89. The first-order valence-corrected chi connectivity index (χ1v) is 6.46. The van der Waals surface area contributed by atoms with E-state index >= 15 is 0 Å². The summed E-state index contributed by atoms with van der Waals surface area (Å²) in [7, 11) is 1.68. The predicted octanol–water partition coefficient (Wildman–Crippen LogP) is 2.19. The number of hydrogen-bond acceptors (Lipinski definition) is 3. The second-order valence-corrected chi connectivity index (χ2v) is 4.38. The summed E-state index contributed by atoms with van der Waals surface area (Å²) in [6.07, 6.45) is 0.982. The molecule has 0 saturated heterocycles. The van der Waals surface area contributed by atoms with Gasteiger partial charge in [-0.3, -0.25) is 0 Å². The lowest BCUT2D eigenvalue weighted by Gasteiger charge is -2.08. The van der Waals surface area contributed by atoms with E-state index in [2.05, 4.69) is 10.6 Å². The largest absolute Gasteiger partial charge is 0.383 e. The van der Waals surface area contributed by atoms with Crippen LogP contribution in [-0.2, 0) is 11.3 Å². The van der Waals surface area contributed by atoms with Gasteiger partial charge in [-0.05, 0) is 31.6 Å². The minimum absolute atomic E-state index is 0.256. The van der Waals surface area contributed by atoms with E-state index in [0.717, 1.165) is 32.7 Å². The van der Waals surface area contributed by atoms with Crippen LogP contribution < -0.4 is 10.6 Å². The smallest absolute Gasteiger partial charge is 0.129 e. The molecule has 1 aromatic carbocycles. The van der Waals surface area contributed by atoms with Crippen LogP contribution in [0.5, 0.6) is 0 Å². The Balaban J connectivity index is 2.11. The van der Waals surface area contributed by atoms with Gasteiger partial charge in [0.1, 0.15) is 5.82 Å². The van der Waals surface area contributed by atoms with Crippen molar-refractivity contribution in [3.63, 3.8) is 0 Å². The fourth-order valence-corrected chi connectivity index (χ4v) is 1.78. The second-order valence-electron chi connectivity index (χ2n) is 3.97. The Labute approximate surface area is 113 Å². The minimum atomic E-state index is -0.256. The highest BCUT2D eigenvalue weighted by molar-refractivity contribution is 6.31. The number of nitrogens with one attached hydrogen (secondary N) is 2. The third kappa shape index (κ3) is 5.78. The quantitative estimate of drug-likeness (QED) is 0.678. The van der Waals surface area contributed by atoms with Gasteiger partial charge in [-0.15, -0.1) is 0 Å². The average molecular weight is 275 g/mol. The third-order valence-corrected chi connectivity index (χ3v) is 2.91. The molecule has 0 fully saturated rings. The topological polar surface area (TPSA) is 33.3 Å². The molecule has 3 nitrogen and oxygen atoms in total. The third-order valence-electron chi connectivity index (χ3n) is 2.55. The van der Waals surface area contributed by atoms with Gasteiger partial charge < -0.3 is 15.4 Å². The number of methoxy groups -OCH3 is 1. The maximum Gasteiger partial charge on any atom is 0.129 e. The van der Waals surface area contributed by atoms with E-state index < -0.39 is 0 Å². The van der Waals surface area contributed by atoms with E-state index in [1.54, 1.807) is 19.2 Å². The standard InChI is InChI=1S/C13H20ClFN2O/c1-18-9-8-16-6-3-7-17-10-11-12(14)4-2-5-13(11)15/h2,4-5,16-17H,3,6-10H2,1H3. The molecule has 0 bridgehead atoms. The van der Waals surface area contributed by atoms with Crippen LogP contribution in [0.15, 0.2) is 18.2 Å². The number of ether oxygens (including phenoxy) is 1. The Morgan fingerprint density at radius 1 is 1.22 bits per heavy atom. The van der Waals surface area contributed by atoms with Gasteiger partial charge in [0, 0.05) is 30.8 Å². The molecule has 0 spiro atoms. The van der Waals surface area contributed by atoms with Crippen LogP contribution in [0, 0.1) is 5.82 Å². The van der Waals surface area contributed by atoms with E-state index in [0.29, 0.717) is 17.1 Å². The summed E-state index contributed by atoms with van der Waals surface area (Å²) in [5.41, 5.74) is 0.534. The van der Waals surface area contributed by atoms with Crippen LogP contribution in [0.4, 0.5) is 4.39 Å². The first-order valence-electron chi connectivity index (χ1n) is 6.09. The average Bonchev–Trinajstić information content (AvgIpc) is 2.35. The molecule has 0 radical (unpaired) electrons. The number of hydrogen-bond donors (Lipinski definition) is 2. The molecule has 0 aromatic heterocycles. The summed E-state index contributed by atoms with van der Waals surface area (Å²) in [5.74, 6) is -0.256. The summed E-state index contributed by atoms with van der Waals surface area (Å²) in [6.45, 7) is 3.78. The highest BCUT2D eigenvalue weighted by Gasteiger charge is 2.05. The van der Waals surface area contributed by atoms with Gasteiger partial charge in [0.25, 0.3) is 0 Å². The zero-order chi connectivity index (χ0) is 13.2. The number of rotatable bonds is 9. The van der Waals surface area contributed by atoms with Crippen molar-refractivity contribution in [2.24, 2.45) is 0 Å². The van der Waals surface area contributed by atoms with Gasteiger partial charge in [0.05, 0.1) is 6.61 Å². The van der Waals surface area contributed by atoms with Gasteiger partial charge in [-0.1, -0.05) is 17.7 Å². The highest BCUT2D eigenvalue weighted by atomic mass is 35.5. The molecule has 102 valence electrons. The van der Waals surface area contributed by atoms with Crippen molar-refractivity contribution < 1.29 is 9.13 Å². The van der Waals surface area contributed by atoms with Crippen LogP contribution in [0.2, 0.25) is 5.02 Å². The first-order chi connectivity index (χ1) is 8.75. The molecule has 5 heteroatoms. The maximum atomic E-state index is 13.4. The molecule has 18 heavy (non-hydrogen) atoms. The molecule has 0 aliphatic heterocycles. The van der Waals surface area contributed by atoms with Gasteiger partial charge in [0.15, 0.2) is 0 Å². The normalized spacial score (nSPS) is 10.8. The predicted molar refractivity (Wildman–Crippen MR) is 72.5 cm³/mol. The molecule has 0 saturated carbocycles. The molecule has 0 aliphatic carbocycles. The van der Waals surface area contributed by atoms with Gasteiger partial charge in [0.2, 0.25) is 0 Å². The zero-order valence-corrected chi connectivity index (χ0v) is 11.4. The van der Waals surface area contributed by atoms with E-state index in [-0.39, 0.29) is 5.82 Å². The van der Waals surface area contributed by atoms with Crippen molar-refractivity contribution in [3.05, 3.63) is 34.6 Å². The molecule has 2 N–H and O–H groups in total. The van der Waals surface area contributed by atoms with Crippen LogP contribution in [0.3, 0.4) is 0 Å². The van der Waals surface area contributed by atoms with Crippen molar-refractivity contribution in [2.45, 2.75) is 13.0 Å². The van der Waals surface area contributed by atoms with Crippen molar-refractivity contribution in [1.82, 2.24) is 10.6 Å². The Hall–Kier alpha value is -0.680. The highest BCUT2D eigenvalue weighted by Crippen LogP contribution is 2.18. The Kier molecular flexibility index (Phi) is 7.93. The molecule has 0 heterocycles. The zero-order valence-electron chi connectivity index (χ0n) is 10.6. The Bertz CT molecular complexity index is 330. The van der Waals surface area contributed by atoms with Crippen molar-refractivity contribution in [2.75, 3.05) is 33.4 Å². The molecule has 1 rings (SSSR count). The fraction of sp³-hybridized carbons (Fsp3) is 0.538. The van der Waals surface area contributed by atoms with E-state index in [1.165, 1.54) is 6.07 Å². The van der Waals surface area contributed by atoms with Crippen molar-refractivity contribution in [1.29, 1.82) is 0 Å². The molecule has 0 unspecified atom stereocenters. The molecule has 0 aliphatic rings. The molecule has 0 amide bonds. The van der Waals surface area contributed by atoms with Gasteiger partial charge >= 0.3 is 0 Å². The molecular weight excluding hydrogens is 255 g/mol. The SMILES string of the molecule is COCCNCCCNCc1c(F)cccc1Cl. The summed E-state index contributed by atoms with van der Waals surface area (Å²) in [4.78, 5) is 0. The number of halogens is 2. The van der Waals surface area contributed by atoms with Gasteiger partial charge in [-0.2, -0.15) is 0 Å². The van der Waals surface area contributed by atoms with E-state index in [9.17, 15) is 4.39 Å². The Morgan fingerprint density at radius 3 is 2.72 bits per heavy atom. The van der Waals surface area contributed by atoms with E-state index in [1.807, 2.05) is 0 Å². The van der Waals surface area contributed by atoms with Gasteiger partial charge in [-0.25, -0.2) is 4.39 Å². The van der Waals surface area contributed by atoms with Crippen molar-refractivity contribution >= 4 is 11.6 Å². The van der Waals surface area contributed by atoms with Crippen LogP contribution in [-0.4, -0.2) is 33.4 Å². The lowest BCUT2D eigenvalue weighted by Crippen LogP contribution is -2.24. The van der Waals surface area contributed by atoms with Crippen LogP contribution in [0.1, 0.15) is 12.0 Å². The lowest BCUT2D eigenvalue weighted by molar-refractivity contribution is 0.199. The Morgan fingerprint density at radius 2 is 2.00 bits per heavy atom. The molecule has 0 atom stereocenters. The minimum Gasteiger partial charge on any atom is -0.383 e. The van der Waals surface area contributed by atoms with Crippen LogP contribution in [0.25, 0.3) is 0 Å². The lowest BCUT2D eigenvalue weighted by atomic mass is 10.2. The van der Waals surface area contributed by atoms with Crippen molar-refractivity contribution in [3.8, 4) is 0 Å². The van der Waals surface area contributed by atoms with Crippen LogP contribution >= 0.6 is 11.6 Å². The first kappa shape index (κ1) is 15.4. The fourth-order valence-electron chi connectivity index (χ4n) is 1.55. The molecular formula is C13H20ClFN2O. The summed E-state index contributed by atoms with van der Waals surface area (Å²) >= 11 is 5.92. The number of benzene rings is 1. The summed E-state index contributed by atoms with van der Waals surface area (Å²) < 4.78 is 18.3. The summed E-state index contributed by atoms with van der Waals surface area (Å²) in [6, 6.07) is 4.74. The molecule has 1 aromatic rings. The van der Waals surface area contributed by atoms with E-state index in [4.69, 9.17) is 16.3 Å². The second kappa shape index (κ2) is 9.28. The monoisotopic (exact) mass is 274 g/mol. The maximum absolute atomic E-state index is 13.4.